The Morgan fingerprint density at radius 3 is 2.59 bits per heavy atom. The first-order valence-corrected chi connectivity index (χ1v) is 7.76. The monoisotopic (exact) mass is 385 g/mol. The van der Waals surface area contributed by atoms with E-state index in [9.17, 15) is 9.18 Å². The number of benzene rings is 2. The van der Waals surface area contributed by atoms with Crippen LogP contribution in [0.3, 0.4) is 0 Å². The summed E-state index contributed by atoms with van der Waals surface area (Å²) in [6.45, 7) is 3.84. The second-order valence-corrected chi connectivity index (χ2v) is 6.16. The maximum atomic E-state index is 13.1. The number of rotatable bonds is 4. The lowest BCUT2D eigenvalue weighted by Crippen LogP contribution is -2.12. The predicted octanol–water partition coefficient (Wildman–Crippen LogP) is 5.28. The molecule has 2 aromatic carbocycles. The smallest absolute Gasteiger partial charge is 0.255 e. The van der Waals surface area contributed by atoms with Gasteiger partial charge >= 0.3 is 0 Å². The van der Waals surface area contributed by atoms with E-state index in [0.29, 0.717) is 21.5 Å². The van der Waals surface area contributed by atoms with Crippen molar-refractivity contribution in [3.05, 3.63) is 57.3 Å². The van der Waals surface area contributed by atoms with Gasteiger partial charge in [0.2, 0.25) is 0 Å². The highest BCUT2D eigenvalue weighted by Crippen LogP contribution is 2.27. The van der Waals surface area contributed by atoms with Crippen molar-refractivity contribution >= 4 is 39.1 Å². The van der Waals surface area contributed by atoms with Gasteiger partial charge in [-0.1, -0.05) is 11.6 Å². The largest absolute Gasteiger partial charge is 0.490 e. The Hall–Kier alpha value is -1.59. The number of halogens is 3. The molecule has 0 aliphatic heterocycles. The van der Waals surface area contributed by atoms with Crippen molar-refractivity contribution in [1.29, 1.82) is 0 Å². The molecule has 1 amide bonds. The summed E-state index contributed by atoms with van der Waals surface area (Å²) >= 11 is 9.06. The number of nitrogens with one attached hydrogen (secondary N) is 1. The molecule has 0 heterocycles. The van der Waals surface area contributed by atoms with E-state index in [2.05, 4.69) is 21.2 Å². The SMILES string of the molecule is CC(C)Oc1ccc(C(=O)Nc2ccc(F)c(Cl)c2)cc1Br. The molecule has 0 aliphatic rings. The number of ether oxygens (including phenoxy) is 1. The molecule has 2 rings (SSSR count). The third kappa shape index (κ3) is 4.21. The predicted molar refractivity (Wildman–Crippen MR) is 89.3 cm³/mol. The van der Waals surface area contributed by atoms with Crippen LogP contribution in [0.2, 0.25) is 5.02 Å². The van der Waals surface area contributed by atoms with Gasteiger partial charge in [-0.15, -0.1) is 0 Å². The quantitative estimate of drug-likeness (QED) is 0.776. The zero-order valence-corrected chi connectivity index (χ0v) is 14.3. The average Bonchev–Trinajstić information content (AvgIpc) is 2.44. The second kappa shape index (κ2) is 7.11. The fourth-order valence-electron chi connectivity index (χ4n) is 1.77. The Morgan fingerprint density at radius 2 is 2.00 bits per heavy atom. The van der Waals surface area contributed by atoms with E-state index < -0.39 is 5.82 Å². The van der Waals surface area contributed by atoms with Crippen molar-refractivity contribution in [2.75, 3.05) is 5.32 Å². The lowest BCUT2D eigenvalue weighted by atomic mass is 10.2. The van der Waals surface area contributed by atoms with Gasteiger partial charge in [-0.2, -0.15) is 0 Å². The van der Waals surface area contributed by atoms with E-state index in [1.54, 1.807) is 18.2 Å². The summed E-state index contributed by atoms with van der Waals surface area (Å²) in [7, 11) is 0. The molecule has 0 saturated heterocycles. The maximum Gasteiger partial charge on any atom is 0.255 e. The molecule has 6 heteroatoms. The van der Waals surface area contributed by atoms with Gasteiger partial charge in [0.1, 0.15) is 11.6 Å². The standard InChI is InChI=1S/C16H14BrClFNO2/c1-9(2)22-15-6-3-10(7-12(15)17)16(21)20-11-4-5-14(19)13(18)8-11/h3-9H,1-2H3,(H,20,21). The highest BCUT2D eigenvalue weighted by molar-refractivity contribution is 9.10. The van der Waals surface area contributed by atoms with E-state index in [1.807, 2.05) is 13.8 Å². The van der Waals surface area contributed by atoms with Crippen LogP contribution in [0.1, 0.15) is 24.2 Å². The summed E-state index contributed by atoms with van der Waals surface area (Å²) in [6, 6.07) is 9.05. The van der Waals surface area contributed by atoms with Crippen molar-refractivity contribution in [3.8, 4) is 5.75 Å². The average molecular weight is 387 g/mol. The van der Waals surface area contributed by atoms with Gasteiger partial charge in [0, 0.05) is 11.3 Å². The first-order chi connectivity index (χ1) is 10.4. The third-order valence-corrected chi connectivity index (χ3v) is 3.64. The number of carbonyl (C=O) groups is 1. The van der Waals surface area contributed by atoms with Crippen LogP contribution in [0.5, 0.6) is 5.75 Å². The number of anilines is 1. The topological polar surface area (TPSA) is 38.3 Å². The summed E-state index contributed by atoms with van der Waals surface area (Å²) in [5.74, 6) is -0.187. The lowest BCUT2D eigenvalue weighted by molar-refractivity contribution is 0.102. The normalized spacial score (nSPS) is 10.6. The van der Waals surface area contributed by atoms with E-state index in [4.69, 9.17) is 16.3 Å². The summed E-state index contributed by atoms with van der Waals surface area (Å²) in [6.07, 6.45) is 0.0392. The van der Waals surface area contributed by atoms with Crippen LogP contribution in [0.25, 0.3) is 0 Å². The van der Waals surface area contributed by atoms with Crippen LogP contribution in [0.15, 0.2) is 40.9 Å². The molecule has 2 aromatic rings. The molecule has 0 aliphatic carbocycles. The van der Waals surface area contributed by atoms with E-state index in [-0.39, 0.29) is 17.0 Å². The third-order valence-electron chi connectivity index (χ3n) is 2.73. The summed E-state index contributed by atoms with van der Waals surface area (Å²) in [5, 5.41) is 2.62. The molecule has 0 saturated carbocycles. The Balaban J connectivity index is 2.15. The number of hydrogen-bond donors (Lipinski definition) is 1. The van der Waals surface area contributed by atoms with Gasteiger partial charge in [0.25, 0.3) is 5.91 Å². The summed E-state index contributed by atoms with van der Waals surface area (Å²) < 4.78 is 19.4. The van der Waals surface area contributed by atoms with E-state index >= 15 is 0 Å². The van der Waals surface area contributed by atoms with Gasteiger partial charge < -0.3 is 10.1 Å². The van der Waals surface area contributed by atoms with Crippen LogP contribution in [-0.4, -0.2) is 12.0 Å². The molecule has 0 unspecified atom stereocenters. The van der Waals surface area contributed by atoms with Crippen LogP contribution in [0.4, 0.5) is 10.1 Å². The number of amides is 1. The van der Waals surface area contributed by atoms with Crippen LogP contribution >= 0.6 is 27.5 Å². The van der Waals surface area contributed by atoms with Crippen molar-refractivity contribution in [1.82, 2.24) is 0 Å². The highest BCUT2D eigenvalue weighted by atomic mass is 79.9. The summed E-state index contributed by atoms with van der Waals surface area (Å²) in [5.41, 5.74) is 0.874. The molecule has 0 spiro atoms. The Bertz CT molecular complexity index is 707. The number of hydrogen-bond acceptors (Lipinski definition) is 2. The van der Waals surface area contributed by atoms with Gasteiger partial charge in [-0.3, -0.25) is 4.79 Å². The van der Waals surface area contributed by atoms with Crippen LogP contribution in [-0.2, 0) is 0 Å². The Morgan fingerprint density at radius 1 is 1.27 bits per heavy atom. The minimum atomic E-state index is -0.530. The van der Waals surface area contributed by atoms with Crippen LogP contribution in [0, 0.1) is 5.82 Å². The summed E-state index contributed by atoms with van der Waals surface area (Å²) in [4.78, 5) is 12.2. The van der Waals surface area contributed by atoms with Gasteiger partial charge in [0.05, 0.1) is 15.6 Å². The zero-order valence-electron chi connectivity index (χ0n) is 12.0. The molecule has 22 heavy (non-hydrogen) atoms. The zero-order chi connectivity index (χ0) is 16.3. The molecule has 116 valence electrons. The first kappa shape index (κ1) is 16.8. The van der Waals surface area contributed by atoms with E-state index in [1.165, 1.54) is 18.2 Å². The molecule has 0 bridgehead atoms. The minimum absolute atomic E-state index is 0.0392. The van der Waals surface area contributed by atoms with Crippen LogP contribution < -0.4 is 10.1 Å². The fraction of sp³-hybridized carbons (Fsp3) is 0.188. The molecule has 0 aromatic heterocycles. The van der Waals surface area contributed by atoms with Gasteiger partial charge in [0.15, 0.2) is 0 Å². The Labute approximate surface area is 141 Å². The van der Waals surface area contributed by atoms with Crippen molar-refractivity contribution in [3.63, 3.8) is 0 Å². The van der Waals surface area contributed by atoms with Crippen molar-refractivity contribution in [2.24, 2.45) is 0 Å². The highest BCUT2D eigenvalue weighted by Gasteiger charge is 2.11. The molecular weight excluding hydrogens is 373 g/mol. The van der Waals surface area contributed by atoms with Gasteiger partial charge in [-0.25, -0.2) is 4.39 Å². The molecule has 0 atom stereocenters. The van der Waals surface area contributed by atoms with Gasteiger partial charge in [-0.05, 0) is 66.2 Å². The minimum Gasteiger partial charge on any atom is -0.490 e. The van der Waals surface area contributed by atoms with Crippen molar-refractivity contribution in [2.45, 2.75) is 20.0 Å². The number of carbonyl (C=O) groups excluding carboxylic acids is 1. The fourth-order valence-corrected chi connectivity index (χ4v) is 2.42. The molecule has 0 fully saturated rings. The lowest BCUT2D eigenvalue weighted by Gasteiger charge is -2.12. The maximum absolute atomic E-state index is 13.1. The second-order valence-electron chi connectivity index (χ2n) is 4.89. The first-order valence-electron chi connectivity index (χ1n) is 6.59. The molecule has 1 N–H and O–H groups in total. The Kier molecular flexibility index (Phi) is 5.42. The molecule has 3 nitrogen and oxygen atoms in total. The van der Waals surface area contributed by atoms with Crippen molar-refractivity contribution < 1.29 is 13.9 Å². The molecule has 0 radical (unpaired) electrons. The molecular formula is C16H14BrClFNO2. The van der Waals surface area contributed by atoms with E-state index in [0.717, 1.165) is 0 Å².